The Hall–Kier alpha value is -0.810. The molecule has 0 spiro atoms. The molecule has 0 bridgehead atoms. The van der Waals surface area contributed by atoms with Crippen molar-refractivity contribution in [2.24, 2.45) is 5.73 Å². The van der Waals surface area contributed by atoms with Crippen LogP contribution in [0, 0.1) is 0 Å². The zero-order valence-corrected chi connectivity index (χ0v) is 10.3. The molecule has 1 aromatic heterocycles. The molecule has 2 rings (SSSR count). The first-order valence-corrected chi connectivity index (χ1v) is 5.51. The van der Waals surface area contributed by atoms with Crippen LogP contribution in [0.1, 0.15) is 5.69 Å². The maximum atomic E-state index is 6.05. The first kappa shape index (κ1) is 11.7. The summed E-state index contributed by atoms with van der Waals surface area (Å²) in [5, 5.41) is 8.89. The Kier molecular flexibility index (Phi) is 3.35. The average Bonchev–Trinajstić information content (AvgIpc) is 2.71. The van der Waals surface area contributed by atoms with E-state index in [0.29, 0.717) is 27.3 Å². The molecule has 2 N–H and O–H groups in total. The number of nitrogens with two attached hydrogens (primary N) is 1. The van der Waals surface area contributed by atoms with Gasteiger partial charge in [0, 0.05) is 6.54 Å². The number of halogens is 3. The fourth-order valence-corrected chi connectivity index (χ4v) is 1.89. The Morgan fingerprint density at radius 2 is 1.81 bits per heavy atom. The highest BCUT2D eigenvalue weighted by molar-refractivity contribution is 6.43. The molecule has 0 radical (unpaired) electrons. The summed E-state index contributed by atoms with van der Waals surface area (Å²) in [6, 6.07) is 3.18. The van der Waals surface area contributed by atoms with Crippen molar-refractivity contribution in [3.05, 3.63) is 39.1 Å². The fraction of sp³-hybridized carbons (Fsp3) is 0.111. The summed E-state index contributed by atoms with van der Waals surface area (Å²) in [5.74, 6) is 0. The number of nitrogens with zero attached hydrogens (tertiary/aromatic N) is 3. The van der Waals surface area contributed by atoms with Crippen molar-refractivity contribution in [2.45, 2.75) is 6.54 Å². The first-order chi connectivity index (χ1) is 7.63. The van der Waals surface area contributed by atoms with Gasteiger partial charge >= 0.3 is 0 Å². The maximum absolute atomic E-state index is 6.05. The van der Waals surface area contributed by atoms with Gasteiger partial charge in [0.1, 0.15) is 0 Å². The molecular formula is C9H7Cl3N4. The van der Waals surface area contributed by atoms with E-state index in [-0.39, 0.29) is 0 Å². The van der Waals surface area contributed by atoms with Crippen LogP contribution in [0.25, 0.3) is 5.69 Å². The number of aromatic nitrogens is 3. The van der Waals surface area contributed by atoms with Crippen LogP contribution < -0.4 is 5.73 Å². The van der Waals surface area contributed by atoms with E-state index < -0.39 is 0 Å². The Morgan fingerprint density at radius 3 is 2.50 bits per heavy atom. The molecule has 0 saturated heterocycles. The lowest BCUT2D eigenvalue weighted by molar-refractivity contribution is 0.762. The van der Waals surface area contributed by atoms with Crippen LogP contribution in [0.3, 0.4) is 0 Å². The van der Waals surface area contributed by atoms with E-state index >= 15 is 0 Å². The van der Waals surface area contributed by atoms with E-state index in [1.807, 2.05) is 0 Å². The van der Waals surface area contributed by atoms with Crippen molar-refractivity contribution >= 4 is 34.8 Å². The van der Waals surface area contributed by atoms with E-state index in [0.717, 1.165) is 5.69 Å². The van der Waals surface area contributed by atoms with Crippen LogP contribution in [0.5, 0.6) is 0 Å². The highest BCUT2D eigenvalue weighted by Crippen LogP contribution is 2.31. The van der Waals surface area contributed by atoms with Crippen LogP contribution in [0.4, 0.5) is 0 Å². The Balaban J connectivity index is 2.60. The third-order valence-corrected chi connectivity index (χ3v) is 3.07. The number of hydrogen-bond donors (Lipinski definition) is 1. The van der Waals surface area contributed by atoms with E-state index in [9.17, 15) is 0 Å². The van der Waals surface area contributed by atoms with Gasteiger partial charge in [-0.3, -0.25) is 0 Å². The van der Waals surface area contributed by atoms with Crippen molar-refractivity contribution in [1.29, 1.82) is 0 Å². The van der Waals surface area contributed by atoms with Crippen LogP contribution in [0.2, 0.25) is 15.1 Å². The van der Waals surface area contributed by atoms with Gasteiger partial charge in [0.2, 0.25) is 0 Å². The predicted molar refractivity (Wildman–Crippen MR) is 64.3 cm³/mol. The minimum absolute atomic E-state index is 0.309. The molecule has 16 heavy (non-hydrogen) atoms. The van der Waals surface area contributed by atoms with E-state index in [1.54, 1.807) is 18.3 Å². The number of hydrogen-bond acceptors (Lipinski definition) is 3. The smallest absolute Gasteiger partial charge is 0.0869 e. The molecular weight excluding hydrogens is 270 g/mol. The minimum Gasteiger partial charge on any atom is -0.325 e. The molecule has 1 heterocycles. The van der Waals surface area contributed by atoms with Gasteiger partial charge in [-0.2, -0.15) is 0 Å². The van der Waals surface area contributed by atoms with Gasteiger partial charge in [0.15, 0.2) is 0 Å². The second kappa shape index (κ2) is 4.59. The van der Waals surface area contributed by atoms with Crippen LogP contribution in [-0.2, 0) is 6.54 Å². The van der Waals surface area contributed by atoms with Crippen LogP contribution in [0.15, 0.2) is 18.3 Å². The van der Waals surface area contributed by atoms with Crippen molar-refractivity contribution < 1.29 is 0 Å². The van der Waals surface area contributed by atoms with Gasteiger partial charge < -0.3 is 5.73 Å². The summed E-state index contributed by atoms with van der Waals surface area (Å²) in [6.07, 6.45) is 1.57. The number of benzene rings is 1. The molecule has 0 aliphatic carbocycles. The third kappa shape index (κ3) is 2.01. The van der Waals surface area contributed by atoms with Crippen molar-refractivity contribution in [3.8, 4) is 5.69 Å². The van der Waals surface area contributed by atoms with Gasteiger partial charge in [-0.1, -0.05) is 40.0 Å². The summed E-state index contributed by atoms with van der Waals surface area (Å²) in [6.45, 7) is 0.309. The van der Waals surface area contributed by atoms with Crippen molar-refractivity contribution in [3.63, 3.8) is 0 Å². The van der Waals surface area contributed by atoms with Crippen molar-refractivity contribution in [1.82, 2.24) is 15.0 Å². The van der Waals surface area contributed by atoms with E-state index in [2.05, 4.69) is 10.3 Å². The fourth-order valence-electron chi connectivity index (χ4n) is 1.27. The minimum atomic E-state index is 0.309. The Labute approximate surface area is 107 Å². The van der Waals surface area contributed by atoms with E-state index in [4.69, 9.17) is 40.5 Å². The Morgan fingerprint density at radius 1 is 1.12 bits per heavy atom. The van der Waals surface area contributed by atoms with Gasteiger partial charge in [0.25, 0.3) is 0 Å². The molecule has 4 nitrogen and oxygen atoms in total. The van der Waals surface area contributed by atoms with Gasteiger partial charge in [-0.15, -0.1) is 5.10 Å². The quantitative estimate of drug-likeness (QED) is 0.859. The second-order valence-electron chi connectivity index (χ2n) is 3.06. The molecule has 0 fully saturated rings. The molecule has 7 heteroatoms. The molecule has 0 unspecified atom stereocenters. The summed E-state index contributed by atoms with van der Waals surface area (Å²) in [4.78, 5) is 0. The zero-order chi connectivity index (χ0) is 11.7. The third-order valence-electron chi connectivity index (χ3n) is 2.05. The summed E-state index contributed by atoms with van der Waals surface area (Å²) in [5.41, 5.74) is 6.89. The standard InChI is InChI=1S/C9H7Cl3N4/c10-6-1-8(12)9(2-7(6)11)16-5(3-13)4-14-15-16/h1-2,4H,3,13H2. The molecule has 0 atom stereocenters. The van der Waals surface area contributed by atoms with Crippen LogP contribution >= 0.6 is 34.8 Å². The SMILES string of the molecule is NCc1cnnn1-c1cc(Cl)c(Cl)cc1Cl. The average molecular weight is 278 g/mol. The summed E-state index contributed by atoms with van der Waals surface area (Å²) in [7, 11) is 0. The summed E-state index contributed by atoms with van der Waals surface area (Å²) < 4.78 is 1.53. The Bertz CT molecular complexity index is 523. The van der Waals surface area contributed by atoms with E-state index in [1.165, 1.54) is 4.68 Å². The van der Waals surface area contributed by atoms with Gasteiger partial charge in [-0.25, -0.2) is 4.68 Å². The molecule has 0 aliphatic rings. The topological polar surface area (TPSA) is 56.7 Å². The monoisotopic (exact) mass is 276 g/mol. The molecule has 1 aromatic carbocycles. The molecule has 0 saturated carbocycles. The summed E-state index contributed by atoms with van der Waals surface area (Å²) >= 11 is 17.8. The number of rotatable bonds is 2. The van der Waals surface area contributed by atoms with Crippen LogP contribution in [-0.4, -0.2) is 15.0 Å². The highest BCUT2D eigenvalue weighted by atomic mass is 35.5. The lowest BCUT2D eigenvalue weighted by Gasteiger charge is -2.08. The largest absolute Gasteiger partial charge is 0.325 e. The van der Waals surface area contributed by atoms with Gasteiger partial charge in [-0.05, 0) is 12.1 Å². The van der Waals surface area contributed by atoms with Gasteiger partial charge in [0.05, 0.1) is 32.6 Å². The normalized spacial score (nSPS) is 10.8. The maximum Gasteiger partial charge on any atom is 0.0869 e. The lowest BCUT2D eigenvalue weighted by Crippen LogP contribution is -2.07. The second-order valence-corrected chi connectivity index (χ2v) is 4.28. The first-order valence-electron chi connectivity index (χ1n) is 4.38. The predicted octanol–water partition coefficient (Wildman–Crippen LogP) is 2.69. The lowest BCUT2D eigenvalue weighted by atomic mass is 10.3. The van der Waals surface area contributed by atoms with Crippen molar-refractivity contribution in [2.75, 3.05) is 0 Å². The highest BCUT2D eigenvalue weighted by Gasteiger charge is 2.11. The molecule has 2 aromatic rings. The zero-order valence-electron chi connectivity index (χ0n) is 7.99. The molecule has 0 aliphatic heterocycles. The molecule has 0 amide bonds. The molecule has 84 valence electrons.